The Balaban J connectivity index is 2.19. The van der Waals surface area contributed by atoms with Crippen molar-refractivity contribution >= 4 is 31.0 Å². The van der Waals surface area contributed by atoms with Gasteiger partial charge < -0.3 is 14.6 Å². The van der Waals surface area contributed by atoms with E-state index in [4.69, 9.17) is 9.47 Å². The fourth-order valence-corrected chi connectivity index (χ4v) is 4.46. The van der Waals surface area contributed by atoms with Crippen molar-refractivity contribution in [1.29, 1.82) is 0 Å². The molecule has 2 heterocycles. The summed E-state index contributed by atoms with van der Waals surface area (Å²) in [6, 6.07) is 11.1. The summed E-state index contributed by atoms with van der Waals surface area (Å²) >= 11 is 0. The van der Waals surface area contributed by atoms with Crippen LogP contribution in [0.4, 0.5) is 4.79 Å². The lowest BCUT2D eigenvalue weighted by atomic mass is 10.1. The number of aromatic carboxylic acids is 1. The maximum Gasteiger partial charge on any atom is 0.419 e. The van der Waals surface area contributed by atoms with Gasteiger partial charge in [0, 0.05) is 25.8 Å². The predicted molar refractivity (Wildman–Crippen MR) is 139 cm³/mol. The van der Waals surface area contributed by atoms with Crippen LogP contribution in [0.1, 0.15) is 36.8 Å². The first-order valence-electron chi connectivity index (χ1n) is 11.6. The zero-order valence-corrected chi connectivity index (χ0v) is 22.5. The number of rotatable bonds is 7. The van der Waals surface area contributed by atoms with Gasteiger partial charge in [0.25, 0.3) is 5.56 Å². The van der Waals surface area contributed by atoms with Crippen molar-refractivity contribution in [3.05, 3.63) is 58.0 Å². The largest absolute Gasteiger partial charge is 0.478 e. The number of carboxylic acids is 1. The third-order valence-electron chi connectivity index (χ3n) is 5.57. The number of fused-ring (bicyclic) bond motifs is 1. The van der Waals surface area contributed by atoms with Crippen molar-refractivity contribution in [1.82, 2.24) is 9.13 Å². The van der Waals surface area contributed by atoms with Crippen LogP contribution in [-0.2, 0) is 16.2 Å². The van der Waals surface area contributed by atoms with E-state index in [-0.39, 0.29) is 23.6 Å². The van der Waals surface area contributed by atoms with E-state index in [1.165, 1.54) is 15.2 Å². The molecule has 0 amide bonds. The van der Waals surface area contributed by atoms with E-state index in [0.717, 1.165) is 11.4 Å². The van der Waals surface area contributed by atoms with Crippen molar-refractivity contribution in [2.75, 3.05) is 6.61 Å². The van der Waals surface area contributed by atoms with Crippen LogP contribution in [0, 0.1) is 6.92 Å². The monoisotopic (exact) mass is 498 g/mol. The van der Waals surface area contributed by atoms with E-state index >= 15 is 0 Å². The van der Waals surface area contributed by atoms with E-state index in [1.54, 1.807) is 45.9 Å². The third kappa shape index (κ3) is 6.10. The number of nitrogens with zero attached hydrogens (tertiary/aromatic N) is 2. The number of aromatic nitrogens is 2. The molecule has 0 bridgehead atoms. The van der Waals surface area contributed by atoms with Crippen LogP contribution in [0.2, 0.25) is 25.7 Å². The Kier molecular flexibility index (Phi) is 7.42. The summed E-state index contributed by atoms with van der Waals surface area (Å²) in [4.78, 5) is 38.9. The number of hydrogen-bond acceptors (Lipinski definition) is 5. The number of hydrogen-bond donors (Lipinski definition) is 1. The number of ether oxygens (including phenoxy) is 2. The maximum atomic E-state index is 13.6. The molecule has 0 saturated carbocycles. The SMILES string of the molecule is Cc1c(C(=O)O)cc(-c2cc3ccccc3n2C(=O)OC(C)(C)C)c(=O)n1COCC[Si](C)(C)C. The van der Waals surface area contributed by atoms with Crippen LogP contribution in [0.5, 0.6) is 0 Å². The minimum absolute atomic E-state index is 0.0330. The minimum Gasteiger partial charge on any atom is -0.478 e. The first-order chi connectivity index (χ1) is 16.2. The zero-order valence-electron chi connectivity index (χ0n) is 21.5. The lowest BCUT2D eigenvalue weighted by Crippen LogP contribution is -2.31. The van der Waals surface area contributed by atoms with Crippen LogP contribution >= 0.6 is 0 Å². The first kappa shape index (κ1) is 26.4. The second-order valence-corrected chi connectivity index (χ2v) is 16.5. The molecule has 0 spiro atoms. The minimum atomic E-state index is -1.34. The number of carbonyl (C=O) groups excluding carboxylic acids is 1. The van der Waals surface area contributed by atoms with E-state index in [0.29, 0.717) is 17.8 Å². The molecular weight excluding hydrogens is 464 g/mol. The maximum absolute atomic E-state index is 13.6. The molecule has 0 radical (unpaired) electrons. The van der Waals surface area contributed by atoms with Gasteiger partial charge in [-0.2, -0.15) is 0 Å². The average Bonchev–Trinajstić information content (AvgIpc) is 3.10. The summed E-state index contributed by atoms with van der Waals surface area (Å²) in [5, 5.41) is 10.6. The topological polar surface area (TPSA) is 99.8 Å². The van der Waals surface area contributed by atoms with Crippen molar-refractivity contribution in [2.24, 2.45) is 0 Å². The summed E-state index contributed by atoms with van der Waals surface area (Å²) in [6.45, 7) is 14.0. The standard InChI is InChI=1S/C26H34N2O6Si/c1-17-19(24(30)31)15-20(23(29)27(17)16-33-12-13-35(5,6)7)22-14-18-10-8-9-11-21(18)28(22)25(32)34-26(2,3)4/h8-11,14-15H,12-13,16H2,1-7H3,(H,30,31). The number of pyridine rings is 1. The quantitative estimate of drug-likeness (QED) is 0.338. The Morgan fingerprint density at radius 3 is 2.34 bits per heavy atom. The third-order valence-corrected chi connectivity index (χ3v) is 7.27. The van der Waals surface area contributed by atoms with Gasteiger partial charge in [0.15, 0.2) is 0 Å². The summed E-state index contributed by atoms with van der Waals surface area (Å²) < 4.78 is 14.1. The van der Waals surface area contributed by atoms with E-state index in [9.17, 15) is 19.5 Å². The second-order valence-electron chi connectivity index (χ2n) is 10.8. The Morgan fingerprint density at radius 1 is 1.09 bits per heavy atom. The molecule has 1 N–H and O–H groups in total. The van der Waals surface area contributed by atoms with Crippen molar-refractivity contribution in [3.8, 4) is 11.3 Å². The normalized spacial score (nSPS) is 12.2. The molecule has 0 aliphatic rings. The number of carboxylic acid groups (broad SMARTS) is 1. The zero-order chi connectivity index (χ0) is 26.1. The molecule has 1 aromatic carbocycles. The lowest BCUT2D eigenvalue weighted by molar-refractivity contribution is 0.0546. The van der Waals surface area contributed by atoms with Crippen LogP contribution in [0.25, 0.3) is 22.2 Å². The molecule has 8 nitrogen and oxygen atoms in total. The highest BCUT2D eigenvalue weighted by molar-refractivity contribution is 6.76. The van der Waals surface area contributed by atoms with Crippen LogP contribution < -0.4 is 5.56 Å². The van der Waals surface area contributed by atoms with Crippen LogP contribution in [0.15, 0.2) is 41.2 Å². The molecule has 35 heavy (non-hydrogen) atoms. The number of carbonyl (C=O) groups is 2. The van der Waals surface area contributed by atoms with Crippen LogP contribution in [-0.4, -0.2) is 46.6 Å². The molecule has 188 valence electrons. The van der Waals surface area contributed by atoms with Gasteiger partial charge in [-0.3, -0.25) is 9.36 Å². The van der Waals surface area contributed by atoms with E-state index in [2.05, 4.69) is 19.6 Å². The molecule has 0 unspecified atom stereocenters. The number of para-hydroxylation sites is 1. The molecule has 0 fully saturated rings. The number of benzene rings is 1. The highest BCUT2D eigenvalue weighted by Crippen LogP contribution is 2.29. The summed E-state index contributed by atoms with van der Waals surface area (Å²) in [6.07, 6.45) is -0.650. The van der Waals surface area contributed by atoms with Gasteiger partial charge in [-0.25, -0.2) is 14.2 Å². The van der Waals surface area contributed by atoms with Gasteiger partial charge in [-0.15, -0.1) is 0 Å². The molecule has 3 aromatic rings. The Hall–Kier alpha value is -3.17. The molecule has 3 rings (SSSR count). The van der Waals surface area contributed by atoms with Gasteiger partial charge in [0.05, 0.1) is 22.3 Å². The van der Waals surface area contributed by atoms with E-state index < -0.39 is 31.3 Å². The van der Waals surface area contributed by atoms with Gasteiger partial charge in [0.2, 0.25) is 0 Å². The van der Waals surface area contributed by atoms with Gasteiger partial charge in [-0.1, -0.05) is 37.8 Å². The smallest absolute Gasteiger partial charge is 0.419 e. The lowest BCUT2D eigenvalue weighted by Gasteiger charge is -2.21. The summed E-state index contributed by atoms with van der Waals surface area (Å²) in [5.74, 6) is -1.17. The van der Waals surface area contributed by atoms with Gasteiger partial charge in [0.1, 0.15) is 12.3 Å². The van der Waals surface area contributed by atoms with Crippen molar-refractivity contribution < 1.29 is 24.2 Å². The highest BCUT2D eigenvalue weighted by Gasteiger charge is 2.26. The van der Waals surface area contributed by atoms with Gasteiger partial charge in [-0.05, 0) is 51.9 Å². The molecule has 0 aliphatic carbocycles. The average molecular weight is 499 g/mol. The highest BCUT2D eigenvalue weighted by atomic mass is 28.3. The predicted octanol–water partition coefficient (Wildman–Crippen LogP) is 5.57. The molecule has 0 aliphatic heterocycles. The van der Waals surface area contributed by atoms with Crippen LogP contribution in [0.3, 0.4) is 0 Å². The Labute approximate surface area is 206 Å². The molecule has 0 saturated heterocycles. The molecular formula is C26H34N2O6Si. The Morgan fingerprint density at radius 2 is 1.74 bits per heavy atom. The Bertz CT molecular complexity index is 1320. The molecule has 2 aromatic heterocycles. The fourth-order valence-electron chi connectivity index (χ4n) is 3.70. The van der Waals surface area contributed by atoms with Crippen molar-refractivity contribution in [2.45, 2.75) is 65.7 Å². The summed E-state index contributed by atoms with van der Waals surface area (Å²) in [7, 11) is -1.34. The van der Waals surface area contributed by atoms with E-state index in [1.807, 2.05) is 12.1 Å². The molecule has 0 atom stereocenters. The fraction of sp³-hybridized carbons (Fsp3) is 0.423. The van der Waals surface area contributed by atoms with Gasteiger partial charge >= 0.3 is 12.1 Å². The summed E-state index contributed by atoms with van der Waals surface area (Å²) in [5.41, 5.74) is -0.0233. The molecule has 9 heteroatoms. The second kappa shape index (κ2) is 9.83. The van der Waals surface area contributed by atoms with Crippen molar-refractivity contribution in [3.63, 3.8) is 0 Å². The first-order valence-corrected chi connectivity index (χ1v) is 15.3.